The number of para-hydroxylation sites is 2. The molecule has 0 bridgehead atoms. The number of fused-ring (bicyclic) bond motifs is 2. The number of hydrogen-bond acceptors (Lipinski definition) is 6. The van der Waals surface area contributed by atoms with Gasteiger partial charge in [-0.2, -0.15) is 0 Å². The Morgan fingerprint density at radius 3 is 1.39 bits per heavy atom. The van der Waals surface area contributed by atoms with E-state index < -0.39 is 0 Å². The highest BCUT2D eigenvalue weighted by molar-refractivity contribution is 5.96. The van der Waals surface area contributed by atoms with Gasteiger partial charge in [0.05, 0.1) is 11.0 Å². The van der Waals surface area contributed by atoms with Crippen molar-refractivity contribution in [1.82, 2.24) is 9.13 Å². The minimum Gasteiger partial charge on any atom is -0.493 e. The van der Waals surface area contributed by atoms with Crippen molar-refractivity contribution in [3.8, 4) is 11.8 Å². The summed E-state index contributed by atoms with van der Waals surface area (Å²) in [5.74, 6) is -0.510. The molecule has 2 aromatic heterocycles. The molecular weight excluding hydrogens is 556 g/mol. The van der Waals surface area contributed by atoms with Crippen LogP contribution in [-0.4, -0.2) is 31.2 Å². The maximum atomic E-state index is 12.3. The van der Waals surface area contributed by atoms with Crippen LogP contribution in [0.5, 0.6) is 11.8 Å². The van der Waals surface area contributed by atoms with E-state index in [-0.39, 0.29) is 23.6 Å². The van der Waals surface area contributed by atoms with Crippen molar-refractivity contribution in [3.63, 3.8) is 0 Å². The molecule has 0 radical (unpaired) electrons. The van der Waals surface area contributed by atoms with E-state index >= 15 is 0 Å². The zero-order valence-electron chi connectivity index (χ0n) is 25.9. The molecule has 0 saturated heterocycles. The van der Waals surface area contributed by atoms with Gasteiger partial charge in [0, 0.05) is 36.7 Å². The molecule has 234 valence electrons. The minimum atomic E-state index is -0.301. The average Bonchev–Trinajstić information content (AvgIpc) is 3.46. The molecule has 4 rings (SSSR count). The summed E-state index contributed by atoms with van der Waals surface area (Å²) in [6.45, 7) is 5.56. The van der Waals surface area contributed by atoms with E-state index in [0.717, 1.165) is 73.2 Å². The summed E-state index contributed by atoms with van der Waals surface area (Å²) >= 11 is 0. The first-order valence-electron chi connectivity index (χ1n) is 16.0. The molecular formula is C34H44N6O4. The fourth-order valence-corrected chi connectivity index (χ4v) is 5.40. The fraction of sp³-hybridized carbons (Fsp3) is 0.471. The van der Waals surface area contributed by atoms with Gasteiger partial charge in [0.2, 0.25) is 11.8 Å². The molecule has 4 aromatic rings. The van der Waals surface area contributed by atoms with E-state index in [4.69, 9.17) is 0 Å². The largest absolute Gasteiger partial charge is 0.493 e. The summed E-state index contributed by atoms with van der Waals surface area (Å²) < 4.78 is 3.65. The third-order valence-electron chi connectivity index (χ3n) is 7.86. The van der Waals surface area contributed by atoms with Crippen LogP contribution < -0.4 is 0 Å². The molecule has 0 unspecified atom stereocenters. The molecule has 0 atom stereocenters. The number of nitrogens with zero attached hydrogens (tertiary/aromatic N) is 6. The van der Waals surface area contributed by atoms with Crippen LogP contribution in [0.1, 0.15) is 90.9 Å². The van der Waals surface area contributed by atoms with Gasteiger partial charge in [0.1, 0.15) is 0 Å². The summed E-state index contributed by atoms with van der Waals surface area (Å²) in [7, 11) is 0. The second-order valence-corrected chi connectivity index (χ2v) is 11.2. The molecule has 0 aliphatic carbocycles. The number of aromatic hydroxyl groups is 2. The summed E-state index contributed by atoms with van der Waals surface area (Å²) in [5.41, 5.74) is 2.45. The lowest BCUT2D eigenvalue weighted by Gasteiger charge is -2.05. The van der Waals surface area contributed by atoms with Crippen LogP contribution in [0.3, 0.4) is 0 Å². The Labute approximate surface area is 258 Å². The quantitative estimate of drug-likeness (QED) is 0.0921. The van der Waals surface area contributed by atoms with Crippen LogP contribution in [0.4, 0.5) is 11.4 Å². The highest BCUT2D eigenvalue weighted by atomic mass is 16.3. The van der Waals surface area contributed by atoms with Crippen molar-refractivity contribution in [2.75, 3.05) is 0 Å². The van der Waals surface area contributed by atoms with Crippen molar-refractivity contribution in [1.29, 1.82) is 0 Å². The smallest absolute Gasteiger partial charge is 0.264 e. The molecule has 2 aromatic carbocycles. The van der Waals surface area contributed by atoms with Crippen LogP contribution in [0.15, 0.2) is 69.0 Å². The molecule has 10 heteroatoms. The van der Waals surface area contributed by atoms with Gasteiger partial charge >= 0.3 is 0 Å². The standard InChI is InChI=1S/C34H44N6O4/c1-3-5-23-39-27-19-15-13-17-25(27)31(33(39)43)37-35-29(41)21-11-9-7-8-10-12-22-30(42)36-38-32-26-18-14-16-20-28(26)40(34(32)44)24-6-4-2/h13-20,43-44H,3-12,21-24H2,1-2H3. The Morgan fingerprint density at radius 2 is 0.977 bits per heavy atom. The number of azo groups is 2. The first-order valence-corrected chi connectivity index (χ1v) is 16.0. The molecule has 0 aliphatic heterocycles. The van der Waals surface area contributed by atoms with Crippen LogP contribution in [0.2, 0.25) is 0 Å². The lowest BCUT2D eigenvalue weighted by atomic mass is 10.1. The Hall–Kier alpha value is -4.34. The Kier molecular flexibility index (Phi) is 12.2. The van der Waals surface area contributed by atoms with E-state index in [1.807, 2.05) is 57.7 Å². The van der Waals surface area contributed by atoms with E-state index in [0.29, 0.717) is 50.1 Å². The summed E-state index contributed by atoms with van der Waals surface area (Å²) in [5, 5.41) is 39.0. The number of amides is 2. The highest BCUT2D eigenvalue weighted by Crippen LogP contribution is 2.40. The second-order valence-electron chi connectivity index (χ2n) is 11.2. The molecule has 2 N–H and O–H groups in total. The molecule has 0 saturated carbocycles. The van der Waals surface area contributed by atoms with E-state index in [9.17, 15) is 19.8 Å². The molecule has 0 fully saturated rings. The predicted octanol–water partition coefficient (Wildman–Crippen LogP) is 9.65. The number of aromatic nitrogens is 2. The second kappa shape index (κ2) is 16.5. The number of aryl methyl sites for hydroxylation is 2. The number of hydrogen-bond donors (Lipinski definition) is 2. The van der Waals surface area contributed by atoms with Crippen LogP contribution in [-0.2, 0) is 22.7 Å². The molecule has 44 heavy (non-hydrogen) atoms. The van der Waals surface area contributed by atoms with Gasteiger partial charge < -0.3 is 19.3 Å². The lowest BCUT2D eigenvalue weighted by molar-refractivity contribution is -0.119. The third-order valence-corrected chi connectivity index (χ3v) is 7.86. The van der Waals surface area contributed by atoms with Crippen LogP contribution in [0.25, 0.3) is 21.8 Å². The van der Waals surface area contributed by atoms with Crippen molar-refractivity contribution < 1.29 is 19.8 Å². The maximum absolute atomic E-state index is 12.3. The number of benzene rings is 2. The monoisotopic (exact) mass is 600 g/mol. The normalized spacial score (nSPS) is 12.0. The molecule has 10 nitrogen and oxygen atoms in total. The molecule has 2 amide bonds. The van der Waals surface area contributed by atoms with E-state index in [2.05, 4.69) is 34.3 Å². The lowest BCUT2D eigenvalue weighted by Crippen LogP contribution is -1.96. The van der Waals surface area contributed by atoms with Crippen molar-refractivity contribution in [2.45, 2.75) is 104 Å². The van der Waals surface area contributed by atoms with Crippen molar-refractivity contribution >= 4 is 45.0 Å². The summed E-state index contributed by atoms with van der Waals surface area (Å²) in [6, 6.07) is 15.2. The highest BCUT2D eigenvalue weighted by Gasteiger charge is 2.17. The number of carbonyl (C=O) groups excluding carboxylic acids is 2. The Balaban J connectivity index is 1.15. The van der Waals surface area contributed by atoms with Gasteiger partial charge in [-0.3, -0.25) is 9.59 Å². The molecule has 2 heterocycles. The zero-order valence-corrected chi connectivity index (χ0v) is 25.9. The zero-order chi connectivity index (χ0) is 31.3. The third kappa shape index (κ3) is 8.18. The van der Waals surface area contributed by atoms with Gasteiger partial charge in [0.15, 0.2) is 11.4 Å². The predicted molar refractivity (Wildman–Crippen MR) is 173 cm³/mol. The van der Waals surface area contributed by atoms with Gasteiger partial charge in [-0.25, -0.2) is 0 Å². The van der Waals surface area contributed by atoms with E-state index in [1.165, 1.54) is 0 Å². The Bertz CT molecular complexity index is 1500. The van der Waals surface area contributed by atoms with Crippen LogP contribution >= 0.6 is 0 Å². The van der Waals surface area contributed by atoms with Crippen molar-refractivity contribution in [3.05, 3.63) is 48.5 Å². The topological polar surface area (TPSA) is 134 Å². The van der Waals surface area contributed by atoms with Gasteiger partial charge in [-0.05, 0) is 37.8 Å². The number of carbonyl (C=O) groups is 2. The summed E-state index contributed by atoms with van der Waals surface area (Å²) in [4.78, 5) is 24.7. The first kappa shape index (κ1) is 32.6. The fourth-order valence-electron chi connectivity index (χ4n) is 5.40. The van der Waals surface area contributed by atoms with Gasteiger partial charge in [-0.15, -0.1) is 20.5 Å². The first-order chi connectivity index (χ1) is 21.5. The minimum absolute atomic E-state index is 0.0457. The number of rotatable bonds is 17. The molecule has 0 aliphatic rings. The number of unbranched alkanes of at least 4 members (excludes halogenated alkanes) is 7. The SMILES string of the molecule is CCCCn1c(O)c(N=NC(=O)CCCCCCCCC(=O)N=Nc2c(O)n(CCCC)c3ccccc23)c2ccccc21. The van der Waals surface area contributed by atoms with E-state index in [1.54, 1.807) is 0 Å². The maximum Gasteiger partial charge on any atom is 0.264 e. The van der Waals surface area contributed by atoms with Crippen molar-refractivity contribution in [2.24, 2.45) is 20.5 Å². The summed E-state index contributed by atoms with van der Waals surface area (Å²) in [6.07, 6.45) is 9.59. The molecule has 0 spiro atoms. The van der Waals surface area contributed by atoms with Gasteiger partial charge in [0.25, 0.3) is 11.8 Å². The van der Waals surface area contributed by atoms with Gasteiger partial charge in [-0.1, -0.05) is 88.8 Å². The Morgan fingerprint density at radius 1 is 0.591 bits per heavy atom. The average molecular weight is 601 g/mol. The van der Waals surface area contributed by atoms with Crippen LogP contribution in [0, 0.1) is 0 Å².